The molecule has 0 saturated carbocycles. The van der Waals surface area contributed by atoms with E-state index in [2.05, 4.69) is 17.1 Å². The Kier molecular flexibility index (Phi) is 5.16. The zero-order valence-corrected chi connectivity index (χ0v) is 12.4. The number of nitrogens with zero attached hydrogens (tertiary/aromatic N) is 1. The van der Waals surface area contributed by atoms with Crippen molar-refractivity contribution in [1.29, 1.82) is 0 Å². The fraction of sp³-hybridized carbons (Fsp3) is 0.500. The zero-order valence-electron chi connectivity index (χ0n) is 11.6. The van der Waals surface area contributed by atoms with Gasteiger partial charge in [0.1, 0.15) is 0 Å². The standard InChI is InChI=1S/C12H22N4O2S/c1-9(6-7-16(2)3)15-12-5-4-10(8-11(12)13)19(14,17)18/h4-5,8-9,15H,6-7,13H2,1-3H3,(H2,14,17,18). The van der Waals surface area contributed by atoms with Crippen LogP contribution in [0.15, 0.2) is 23.1 Å². The third kappa shape index (κ3) is 5.06. The van der Waals surface area contributed by atoms with Gasteiger partial charge in [0.15, 0.2) is 0 Å². The summed E-state index contributed by atoms with van der Waals surface area (Å²) in [5.41, 5.74) is 6.93. The quantitative estimate of drug-likeness (QED) is 0.667. The van der Waals surface area contributed by atoms with Gasteiger partial charge in [-0.25, -0.2) is 13.6 Å². The van der Waals surface area contributed by atoms with E-state index in [4.69, 9.17) is 10.9 Å². The molecule has 1 aromatic carbocycles. The van der Waals surface area contributed by atoms with Crippen molar-refractivity contribution in [2.24, 2.45) is 5.14 Å². The van der Waals surface area contributed by atoms with Crippen LogP contribution in [-0.4, -0.2) is 40.0 Å². The number of benzene rings is 1. The highest BCUT2D eigenvalue weighted by Crippen LogP contribution is 2.23. The molecule has 0 aromatic heterocycles. The van der Waals surface area contributed by atoms with Crippen LogP contribution < -0.4 is 16.2 Å². The van der Waals surface area contributed by atoms with Crippen molar-refractivity contribution in [1.82, 2.24) is 4.90 Å². The van der Waals surface area contributed by atoms with E-state index >= 15 is 0 Å². The molecule has 6 nitrogen and oxygen atoms in total. The molecule has 0 bridgehead atoms. The summed E-state index contributed by atoms with van der Waals surface area (Å²) in [6, 6.07) is 4.70. The van der Waals surface area contributed by atoms with E-state index in [1.54, 1.807) is 6.07 Å². The molecule has 19 heavy (non-hydrogen) atoms. The minimum atomic E-state index is -3.71. The average molecular weight is 286 g/mol. The summed E-state index contributed by atoms with van der Waals surface area (Å²) < 4.78 is 22.4. The first kappa shape index (κ1) is 15.7. The van der Waals surface area contributed by atoms with E-state index in [1.807, 2.05) is 14.1 Å². The molecular weight excluding hydrogens is 264 g/mol. The van der Waals surface area contributed by atoms with E-state index < -0.39 is 10.0 Å². The lowest BCUT2D eigenvalue weighted by molar-refractivity contribution is 0.390. The molecule has 0 aliphatic rings. The molecule has 1 rings (SSSR count). The lowest BCUT2D eigenvalue weighted by Gasteiger charge is -2.19. The summed E-state index contributed by atoms with van der Waals surface area (Å²) in [4.78, 5) is 2.13. The Bertz CT molecular complexity index is 529. The second-order valence-electron chi connectivity index (χ2n) is 4.93. The van der Waals surface area contributed by atoms with Crippen molar-refractivity contribution < 1.29 is 8.42 Å². The number of rotatable bonds is 6. The molecule has 5 N–H and O–H groups in total. The number of hydrogen-bond donors (Lipinski definition) is 3. The molecule has 0 amide bonds. The Morgan fingerprint density at radius 2 is 2.00 bits per heavy atom. The molecule has 0 aliphatic heterocycles. The van der Waals surface area contributed by atoms with Gasteiger partial charge in [-0.05, 0) is 52.2 Å². The minimum absolute atomic E-state index is 0.0245. The molecule has 0 fully saturated rings. The van der Waals surface area contributed by atoms with Gasteiger partial charge >= 0.3 is 0 Å². The van der Waals surface area contributed by atoms with Crippen LogP contribution >= 0.6 is 0 Å². The van der Waals surface area contributed by atoms with Gasteiger partial charge in [0.05, 0.1) is 16.3 Å². The molecule has 1 unspecified atom stereocenters. The third-order valence-electron chi connectivity index (χ3n) is 2.76. The first-order valence-electron chi connectivity index (χ1n) is 6.03. The van der Waals surface area contributed by atoms with Crippen LogP contribution in [0, 0.1) is 0 Å². The van der Waals surface area contributed by atoms with E-state index in [9.17, 15) is 8.42 Å². The predicted octanol–water partition coefficient (Wildman–Crippen LogP) is 0.668. The fourth-order valence-electron chi connectivity index (χ4n) is 1.64. The number of nitrogen functional groups attached to an aromatic ring is 1. The molecule has 0 saturated heterocycles. The summed E-state index contributed by atoms with van der Waals surface area (Å²) in [6.07, 6.45) is 0.962. The molecule has 0 radical (unpaired) electrons. The number of hydrogen-bond acceptors (Lipinski definition) is 5. The Hall–Kier alpha value is -1.31. The maximum absolute atomic E-state index is 11.2. The molecule has 1 aromatic rings. The number of nitrogens with two attached hydrogens (primary N) is 2. The monoisotopic (exact) mass is 286 g/mol. The van der Waals surface area contributed by atoms with E-state index in [-0.39, 0.29) is 10.9 Å². The number of nitrogens with one attached hydrogen (secondary N) is 1. The second-order valence-corrected chi connectivity index (χ2v) is 6.49. The predicted molar refractivity (Wildman–Crippen MR) is 78.5 cm³/mol. The molecule has 1 atom stereocenters. The fourth-order valence-corrected chi connectivity index (χ4v) is 2.19. The Morgan fingerprint density at radius 3 is 2.47 bits per heavy atom. The van der Waals surface area contributed by atoms with Crippen LogP contribution in [0.3, 0.4) is 0 Å². The SMILES string of the molecule is CC(CCN(C)C)Nc1ccc(S(N)(=O)=O)cc1N. The van der Waals surface area contributed by atoms with Gasteiger partial charge < -0.3 is 16.0 Å². The summed E-state index contributed by atoms with van der Waals surface area (Å²) in [6.45, 7) is 3.01. The molecule has 0 aliphatic carbocycles. The van der Waals surface area contributed by atoms with Crippen molar-refractivity contribution in [3.63, 3.8) is 0 Å². The lowest BCUT2D eigenvalue weighted by atomic mass is 10.2. The Morgan fingerprint density at radius 1 is 1.37 bits per heavy atom. The van der Waals surface area contributed by atoms with Crippen molar-refractivity contribution in [3.05, 3.63) is 18.2 Å². The van der Waals surface area contributed by atoms with Gasteiger partial charge in [-0.1, -0.05) is 0 Å². The van der Waals surface area contributed by atoms with Gasteiger partial charge in [-0.15, -0.1) is 0 Å². The summed E-state index contributed by atoms with van der Waals surface area (Å²) in [5, 5.41) is 8.31. The molecule has 7 heteroatoms. The van der Waals surface area contributed by atoms with Crippen molar-refractivity contribution in [3.8, 4) is 0 Å². The normalized spacial score (nSPS) is 13.5. The van der Waals surface area contributed by atoms with Crippen molar-refractivity contribution in [2.45, 2.75) is 24.3 Å². The van der Waals surface area contributed by atoms with Gasteiger partial charge in [0, 0.05) is 6.04 Å². The van der Waals surface area contributed by atoms with Crippen LogP contribution in [0.2, 0.25) is 0 Å². The number of sulfonamides is 1. The molecule has 108 valence electrons. The first-order valence-corrected chi connectivity index (χ1v) is 7.58. The van der Waals surface area contributed by atoms with E-state index in [0.29, 0.717) is 5.69 Å². The largest absolute Gasteiger partial charge is 0.397 e. The molecule has 0 spiro atoms. The highest BCUT2D eigenvalue weighted by molar-refractivity contribution is 7.89. The number of primary sulfonamides is 1. The summed E-state index contributed by atoms with van der Waals surface area (Å²) in [5.74, 6) is 0. The summed E-state index contributed by atoms with van der Waals surface area (Å²) >= 11 is 0. The van der Waals surface area contributed by atoms with Crippen LogP contribution in [0.5, 0.6) is 0 Å². The van der Waals surface area contributed by atoms with E-state index in [0.717, 1.165) is 18.7 Å². The maximum Gasteiger partial charge on any atom is 0.238 e. The third-order valence-corrected chi connectivity index (χ3v) is 3.67. The highest BCUT2D eigenvalue weighted by atomic mass is 32.2. The second kappa shape index (κ2) is 6.23. The van der Waals surface area contributed by atoms with Gasteiger partial charge in [0.2, 0.25) is 10.0 Å². The maximum atomic E-state index is 11.2. The van der Waals surface area contributed by atoms with Crippen LogP contribution in [0.4, 0.5) is 11.4 Å². The van der Waals surface area contributed by atoms with E-state index in [1.165, 1.54) is 12.1 Å². The van der Waals surface area contributed by atoms with Crippen LogP contribution in [-0.2, 0) is 10.0 Å². The van der Waals surface area contributed by atoms with Gasteiger partial charge in [0.25, 0.3) is 0 Å². The smallest absolute Gasteiger partial charge is 0.238 e. The minimum Gasteiger partial charge on any atom is -0.397 e. The van der Waals surface area contributed by atoms with Crippen molar-refractivity contribution >= 4 is 21.4 Å². The van der Waals surface area contributed by atoms with Crippen molar-refractivity contribution in [2.75, 3.05) is 31.7 Å². The number of anilines is 2. The highest BCUT2D eigenvalue weighted by Gasteiger charge is 2.11. The zero-order chi connectivity index (χ0) is 14.6. The van der Waals surface area contributed by atoms with Crippen LogP contribution in [0.1, 0.15) is 13.3 Å². The van der Waals surface area contributed by atoms with Gasteiger partial charge in [-0.3, -0.25) is 0 Å². The lowest BCUT2D eigenvalue weighted by Crippen LogP contribution is -2.23. The average Bonchev–Trinajstić information content (AvgIpc) is 2.27. The Balaban J connectivity index is 2.75. The summed E-state index contributed by atoms with van der Waals surface area (Å²) in [7, 11) is 0.325. The van der Waals surface area contributed by atoms with Gasteiger partial charge in [-0.2, -0.15) is 0 Å². The van der Waals surface area contributed by atoms with Crippen LogP contribution in [0.25, 0.3) is 0 Å². The molecular formula is C12H22N4O2S. The first-order chi connectivity index (χ1) is 8.70. The topological polar surface area (TPSA) is 101 Å². The Labute approximate surface area is 114 Å². The molecule has 0 heterocycles.